The smallest absolute Gasteiger partial charge is 0.0539 e. The Kier molecular flexibility index (Phi) is 3.14. The number of likely N-dealkylation sites (N-methyl/N-ethyl adjacent to an activating group) is 1. The van der Waals surface area contributed by atoms with Gasteiger partial charge >= 0.3 is 0 Å². The summed E-state index contributed by atoms with van der Waals surface area (Å²) in [6, 6.07) is 8.37. The molecule has 1 unspecified atom stereocenters. The number of nitrogens with two attached hydrogens (primary N) is 1. The summed E-state index contributed by atoms with van der Waals surface area (Å²) >= 11 is 3.50. The van der Waals surface area contributed by atoms with Gasteiger partial charge in [0.1, 0.15) is 0 Å². The van der Waals surface area contributed by atoms with E-state index in [9.17, 15) is 0 Å². The maximum atomic E-state index is 6.48. The number of benzene rings is 1. The van der Waals surface area contributed by atoms with Crippen molar-refractivity contribution in [3.05, 3.63) is 34.3 Å². The molecule has 0 aromatic heterocycles. The van der Waals surface area contributed by atoms with Crippen LogP contribution < -0.4 is 5.73 Å². The summed E-state index contributed by atoms with van der Waals surface area (Å²) in [5.41, 5.74) is 7.55. The largest absolute Gasteiger partial charge is 0.320 e. The molecule has 82 valence electrons. The Morgan fingerprint density at radius 3 is 2.93 bits per heavy atom. The predicted octanol–water partition coefficient (Wildman–Crippen LogP) is 2.33. The molecule has 1 aliphatic rings. The Hall–Kier alpha value is -0.380. The number of nitrogens with zero attached hydrogens (tertiary/aromatic N) is 1. The van der Waals surface area contributed by atoms with Crippen molar-refractivity contribution in [2.24, 2.45) is 5.73 Å². The Morgan fingerprint density at radius 2 is 2.27 bits per heavy atom. The molecular weight excluding hydrogens is 252 g/mol. The highest BCUT2D eigenvalue weighted by atomic mass is 79.9. The lowest BCUT2D eigenvalue weighted by atomic mass is 9.83. The molecule has 0 aliphatic carbocycles. The van der Waals surface area contributed by atoms with Crippen molar-refractivity contribution in [1.29, 1.82) is 0 Å². The summed E-state index contributed by atoms with van der Waals surface area (Å²) in [5.74, 6) is 0. The van der Waals surface area contributed by atoms with E-state index in [0.29, 0.717) is 0 Å². The van der Waals surface area contributed by atoms with Crippen LogP contribution in [-0.4, -0.2) is 25.0 Å². The number of piperidine rings is 1. The minimum Gasteiger partial charge on any atom is -0.320 e. The third kappa shape index (κ3) is 2.41. The van der Waals surface area contributed by atoms with Crippen LogP contribution in [0.25, 0.3) is 0 Å². The van der Waals surface area contributed by atoms with Gasteiger partial charge < -0.3 is 10.6 Å². The van der Waals surface area contributed by atoms with E-state index in [-0.39, 0.29) is 5.54 Å². The van der Waals surface area contributed by atoms with Gasteiger partial charge in [-0.05, 0) is 44.1 Å². The SMILES string of the molecule is CN1CCCC(N)(c2cccc(Br)c2)C1. The lowest BCUT2D eigenvalue weighted by Gasteiger charge is -2.39. The van der Waals surface area contributed by atoms with Crippen molar-refractivity contribution in [1.82, 2.24) is 4.90 Å². The molecule has 1 aliphatic heterocycles. The Bertz CT molecular complexity index is 353. The molecular formula is C12H17BrN2. The minimum absolute atomic E-state index is 0.170. The molecule has 0 bridgehead atoms. The van der Waals surface area contributed by atoms with Gasteiger partial charge in [-0.2, -0.15) is 0 Å². The molecule has 2 N–H and O–H groups in total. The van der Waals surface area contributed by atoms with Crippen molar-refractivity contribution in [3.8, 4) is 0 Å². The molecule has 1 aromatic carbocycles. The molecule has 1 heterocycles. The molecule has 1 atom stereocenters. The van der Waals surface area contributed by atoms with Gasteiger partial charge in [0.25, 0.3) is 0 Å². The molecule has 3 heteroatoms. The zero-order valence-electron chi connectivity index (χ0n) is 9.04. The van der Waals surface area contributed by atoms with Crippen LogP contribution in [0.2, 0.25) is 0 Å². The second-order valence-electron chi connectivity index (χ2n) is 4.51. The molecule has 0 spiro atoms. The van der Waals surface area contributed by atoms with Crippen molar-refractivity contribution in [2.75, 3.05) is 20.1 Å². The predicted molar refractivity (Wildman–Crippen MR) is 66.7 cm³/mol. The molecule has 0 saturated carbocycles. The third-order valence-corrected chi connectivity index (χ3v) is 3.61. The van der Waals surface area contributed by atoms with Crippen molar-refractivity contribution < 1.29 is 0 Å². The fourth-order valence-electron chi connectivity index (χ4n) is 2.34. The second-order valence-corrected chi connectivity index (χ2v) is 5.42. The Morgan fingerprint density at radius 1 is 1.47 bits per heavy atom. The highest BCUT2D eigenvalue weighted by Crippen LogP contribution is 2.29. The Labute approximate surface area is 99.6 Å². The maximum absolute atomic E-state index is 6.48. The molecule has 1 saturated heterocycles. The Balaban J connectivity index is 2.28. The summed E-state index contributed by atoms with van der Waals surface area (Å²) < 4.78 is 1.11. The van der Waals surface area contributed by atoms with Crippen molar-refractivity contribution in [3.63, 3.8) is 0 Å². The van der Waals surface area contributed by atoms with Crippen molar-refractivity contribution >= 4 is 15.9 Å². The van der Waals surface area contributed by atoms with Gasteiger partial charge in [0.2, 0.25) is 0 Å². The van der Waals surface area contributed by atoms with Crippen molar-refractivity contribution in [2.45, 2.75) is 18.4 Å². The summed E-state index contributed by atoms with van der Waals surface area (Å²) in [6.07, 6.45) is 2.26. The number of likely N-dealkylation sites (tertiary alicyclic amines) is 1. The molecule has 1 fully saturated rings. The summed E-state index contributed by atoms with van der Waals surface area (Å²) in [7, 11) is 2.14. The van der Waals surface area contributed by atoms with E-state index in [1.165, 1.54) is 12.0 Å². The van der Waals surface area contributed by atoms with Crippen LogP contribution in [0, 0.1) is 0 Å². The van der Waals surface area contributed by atoms with Gasteiger partial charge in [-0.15, -0.1) is 0 Å². The molecule has 15 heavy (non-hydrogen) atoms. The first-order valence-corrected chi connectivity index (χ1v) is 6.13. The number of hydrogen-bond acceptors (Lipinski definition) is 2. The summed E-state index contributed by atoms with van der Waals surface area (Å²) in [5, 5.41) is 0. The quantitative estimate of drug-likeness (QED) is 0.847. The van der Waals surface area contributed by atoms with E-state index in [1.807, 2.05) is 6.07 Å². The van der Waals surface area contributed by atoms with Crippen LogP contribution in [-0.2, 0) is 5.54 Å². The first-order valence-electron chi connectivity index (χ1n) is 5.34. The fourth-order valence-corrected chi connectivity index (χ4v) is 2.74. The zero-order chi connectivity index (χ0) is 10.9. The minimum atomic E-state index is -0.170. The first kappa shape index (κ1) is 11.1. The van der Waals surface area contributed by atoms with Gasteiger partial charge in [-0.3, -0.25) is 0 Å². The molecule has 0 radical (unpaired) electrons. The molecule has 1 aromatic rings. The first-order chi connectivity index (χ1) is 7.10. The highest BCUT2D eigenvalue weighted by Gasteiger charge is 2.31. The second kappa shape index (κ2) is 4.24. The standard InChI is InChI=1S/C12H17BrN2/c1-15-7-3-6-12(14,9-15)10-4-2-5-11(13)8-10/h2,4-5,8H,3,6-7,9,14H2,1H3. The van der Waals surface area contributed by atoms with Gasteiger partial charge in [-0.1, -0.05) is 28.1 Å². The zero-order valence-corrected chi connectivity index (χ0v) is 10.6. The van der Waals surface area contributed by atoms with Crippen LogP contribution in [0.1, 0.15) is 18.4 Å². The number of hydrogen-bond donors (Lipinski definition) is 1. The lowest BCUT2D eigenvalue weighted by Crippen LogP contribution is -2.50. The van der Waals surface area contributed by atoms with E-state index in [2.05, 4.69) is 46.1 Å². The molecule has 2 nitrogen and oxygen atoms in total. The monoisotopic (exact) mass is 268 g/mol. The number of halogens is 1. The number of rotatable bonds is 1. The highest BCUT2D eigenvalue weighted by molar-refractivity contribution is 9.10. The maximum Gasteiger partial charge on any atom is 0.0539 e. The lowest BCUT2D eigenvalue weighted by molar-refractivity contribution is 0.179. The van der Waals surface area contributed by atoms with E-state index in [4.69, 9.17) is 5.73 Å². The van der Waals surface area contributed by atoms with Crippen LogP contribution in [0.15, 0.2) is 28.7 Å². The van der Waals surface area contributed by atoms with E-state index in [0.717, 1.165) is 24.0 Å². The van der Waals surface area contributed by atoms with Gasteiger partial charge in [-0.25, -0.2) is 0 Å². The van der Waals surface area contributed by atoms with E-state index in [1.54, 1.807) is 0 Å². The topological polar surface area (TPSA) is 29.3 Å². The van der Waals surface area contributed by atoms with Gasteiger partial charge in [0.15, 0.2) is 0 Å². The van der Waals surface area contributed by atoms with Gasteiger partial charge in [0, 0.05) is 11.0 Å². The van der Waals surface area contributed by atoms with Crippen LogP contribution >= 0.6 is 15.9 Å². The summed E-state index contributed by atoms with van der Waals surface area (Å²) in [6.45, 7) is 2.11. The molecule has 2 rings (SSSR count). The normalized spacial score (nSPS) is 27.9. The van der Waals surface area contributed by atoms with Crippen LogP contribution in [0.4, 0.5) is 0 Å². The average Bonchev–Trinajstić information content (AvgIpc) is 2.17. The fraction of sp³-hybridized carbons (Fsp3) is 0.500. The van der Waals surface area contributed by atoms with Gasteiger partial charge in [0.05, 0.1) is 5.54 Å². The average molecular weight is 269 g/mol. The van der Waals surface area contributed by atoms with Crippen LogP contribution in [0.5, 0.6) is 0 Å². The molecule has 0 amide bonds. The van der Waals surface area contributed by atoms with E-state index < -0.39 is 0 Å². The van der Waals surface area contributed by atoms with E-state index >= 15 is 0 Å². The third-order valence-electron chi connectivity index (χ3n) is 3.11. The van der Waals surface area contributed by atoms with Crippen LogP contribution in [0.3, 0.4) is 0 Å². The summed E-state index contributed by atoms with van der Waals surface area (Å²) in [4.78, 5) is 2.31.